The van der Waals surface area contributed by atoms with Crippen LogP contribution in [0.2, 0.25) is 10.0 Å². The van der Waals surface area contributed by atoms with E-state index in [0.29, 0.717) is 12.0 Å². The molecule has 4 aromatic rings. The third kappa shape index (κ3) is 8.84. The van der Waals surface area contributed by atoms with Crippen LogP contribution in [0.25, 0.3) is 0 Å². The number of carbonyl (C=O) groups excluding carboxylic acids is 2. The van der Waals surface area contributed by atoms with E-state index in [1.54, 1.807) is 18.2 Å². The molecule has 236 valence electrons. The van der Waals surface area contributed by atoms with Crippen LogP contribution in [0.5, 0.6) is 0 Å². The van der Waals surface area contributed by atoms with Crippen molar-refractivity contribution >= 4 is 50.7 Å². The molecule has 0 fully saturated rings. The van der Waals surface area contributed by atoms with Gasteiger partial charge < -0.3 is 10.2 Å². The van der Waals surface area contributed by atoms with Gasteiger partial charge in [-0.1, -0.05) is 90.8 Å². The smallest absolute Gasteiger partial charge is 0.264 e. The van der Waals surface area contributed by atoms with Crippen LogP contribution in [0.1, 0.15) is 31.4 Å². The summed E-state index contributed by atoms with van der Waals surface area (Å²) in [7, 11) is -4.28. The molecule has 0 aliphatic heterocycles. The molecule has 0 saturated heterocycles. The van der Waals surface area contributed by atoms with E-state index < -0.39 is 40.2 Å². The van der Waals surface area contributed by atoms with Gasteiger partial charge in [-0.2, -0.15) is 0 Å². The largest absolute Gasteiger partial charge is 0.352 e. The minimum Gasteiger partial charge on any atom is -0.352 e. The average molecular weight is 671 g/mol. The van der Waals surface area contributed by atoms with Crippen LogP contribution in [0.3, 0.4) is 0 Å². The highest BCUT2D eigenvalue weighted by atomic mass is 35.5. The number of nitrogens with one attached hydrogen (secondary N) is 1. The highest BCUT2D eigenvalue weighted by Gasteiger charge is 2.35. The summed E-state index contributed by atoms with van der Waals surface area (Å²) in [5.74, 6) is -1.49. The van der Waals surface area contributed by atoms with Crippen molar-refractivity contribution in [1.29, 1.82) is 0 Å². The van der Waals surface area contributed by atoms with Gasteiger partial charge in [0.25, 0.3) is 10.0 Å². The number of sulfonamides is 1. The third-order valence-electron chi connectivity index (χ3n) is 7.34. The molecule has 2 atom stereocenters. The first-order valence-electron chi connectivity index (χ1n) is 14.4. The molecular formula is C34H34Cl2FN3O4S. The van der Waals surface area contributed by atoms with Gasteiger partial charge in [-0.15, -0.1) is 0 Å². The molecule has 45 heavy (non-hydrogen) atoms. The zero-order chi connectivity index (χ0) is 32.6. The molecule has 4 aromatic carbocycles. The van der Waals surface area contributed by atoms with Crippen molar-refractivity contribution in [2.45, 2.75) is 50.2 Å². The summed E-state index contributed by atoms with van der Waals surface area (Å²) in [6, 6.07) is 25.6. The lowest BCUT2D eigenvalue weighted by Gasteiger charge is -2.34. The summed E-state index contributed by atoms with van der Waals surface area (Å²) < 4.78 is 42.8. The van der Waals surface area contributed by atoms with E-state index >= 15 is 0 Å². The number of halogens is 3. The maximum atomic E-state index is 14.4. The molecule has 7 nitrogen and oxygen atoms in total. The molecule has 0 unspecified atom stereocenters. The van der Waals surface area contributed by atoms with Crippen molar-refractivity contribution in [3.05, 3.63) is 130 Å². The lowest BCUT2D eigenvalue weighted by atomic mass is 10.0. The molecule has 0 heterocycles. The van der Waals surface area contributed by atoms with Gasteiger partial charge in [0.2, 0.25) is 11.8 Å². The lowest BCUT2D eigenvalue weighted by Crippen LogP contribution is -2.54. The van der Waals surface area contributed by atoms with E-state index in [2.05, 4.69) is 5.32 Å². The minimum atomic E-state index is -4.28. The molecule has 0 aromatic heterocycles. The zero-order valence-electron chi connectivity index (χ0n) is 24.9. The number of carbonyl (C=O) groups is 2. The molecule has 0 spiro atoms. The van der Waals surface area contributed by atoms with Crippen molar-refractivity contribution in [2.24, 2.45) is 0 Å². The number of nitrogens with zero attached hydrogens (tertiary/aromatic N) is 2. The van der Waals surface area contributed by atoms with Crippen molar-refractivity contribution in [3.8, 4) is 0 Å². The summed E-state index contributed by atoms with van der Waals surface area (Å²) in [6.07, 6.45) is 0.824. The number of benzene rings is 4. The van der Waals surface area contributed by atoms with E-state index in [0.717, 1.165) is 9.87 Å². The predicted molar refractivity (Wildman–Crippen MR) is 176 cm³/mol. The first-order chi connectivity index (χ1) is 21.5. The first-order valence-corrected chi connectivity index (χ1v) is 16.6. The van der Waals surface area contributed by atoms with Crippen molar-refractivity contribution in [2.75, 3.05) is 10.8 Å². The SMILES string of the molecule is CC[C@@H](C)NC(=O)[C@H](Cc1ccccc1)N(Cc1ccc(F)cc1)C(=O)CN(c1ccc(Cl)c(Cl)c1)S(=O)(=O)c1ccccc1. The van der Waals surface area contributed by atoms with Crippen LogP contribution in [0.15, 0.2) is 108 Å². The Bertz CT molecular complexity index is 1710. The second-order valence-electron chi connectivity index (χ2n) is 10.6. The standard InChI is InChI=1S/C34H34Cl2FN3O4S/c1-3-24(2)38-34(42)32(20-25-10-6-4-7-11-25)39(22-26-14-16-27(37)17-15-26)33(41)23-40(28-18-19-30(35)31(36)21-28)45(43,44)29-12-8-5-9-13-29/h4-19,21,24,32H,3,20,22-23H2,1-2H3,(H,38,42)/t24-,32+/m1/s1. The number of hydrogen-bond donors (Lipinski definition) is 1. The Morgan fingerprint density at radius 3 is 2.07 bits per heavy atom. The number of amides is 2. The van der Waals surface area contributed by atoms with Gasteiger partial charge >= 0.3 is 0 Å². The molecule has 4 rings (SSSR count). The van der Waals surface area contributed by atoms with Gasteiger partial charge in [-0.25, -0.2) is 12.8 Å². The van der Waals surface area contributed by atoms with E-state index in [1.807, 2.05) is 44.2 Å². The Hall–Kier alpha value is -3.92. The third-order valence-corrected chi connectivity index (χ3v) is 9.87. The number of anilines is 1. The second kappa shape index (κ2) is 15.4. The van der Waals surface area contributed by atoms with Crippen molar-refractivity contribution in [1.82, 2.24) is 10.2 Å². The zero-order valence-corrected chi connectivity index (χ0v) is 27.2. The van der Waals surface area contributed by atoms with Crippen LogP contribution in [-0.4, -0.2) is 43.8 Å². The monoisotopic (exact) mass is 669 g/mol. The van der Waals surface area contributed by atoms with Gasteiger partial charge in [0.15, 0.2) is 0 Å². The van der Waals surface area contributed by atoms with E-state index in [1.165, 1.54) is 59.5 Å². The summed E-state index contributed by atoms with van der Waals surface area (Å²) in [4.78, 5) is 29.6. The quantitative estimate of drug-likeness (QED) is 0.168. The minimum absolute atomic E-state index is 0.0377. The van der Waals surface area contributed by atoms with Crippen molar-refractivity contribution < 1.29 is 22.4 Å². The van der Waals surface area contributed by atoms with Crippen LogP contribution >= 0.6 is 23.2 Å². The maximum absolute atomic E-state index is 14.4. The molecule has 0 bridgehead atoms. The molecular weight excluding hydrogens is 636 g/mol. The Balaban J connectivity index is 1.81. The van der Waals surface area contributed by atoms with Crippen LogP contribution in [-0.2, 0) is 32.6 Å². The first kappa shape index (κ1) is 34.0. The Morgan fingerprint density at radius 1 is 0.844 bits per heavy atom. The Kier molecular flexibility index (Phi) is 11.6. The maximum Gasteiger partial charge on any atom is 0.264 e. The van der Waals surface area contributed by atoms with Gasteiger partial charge in [0, 0.05) is 19.0 Å². The van der Waals surface area contributed by atoms with Crippen LogP contribution < -0.4 is 9.62 Å². The predicted octanol–water partition coefficient (Wildman–Crippen LogP) is 6.88. The normalized spacial score (nSPS) is 12.6. The lowest BCUT2D eigenvalue weighted by molar-refractivity contribution is -0.140. The molecule has 0 aliphatic rings. The molecule has 0 aliphatic carbocycles. The van der Waals surface area contributed by atoms with Gasteiger partial charge in [-0.3, -0.25) is 13.9 Å². The second-order valence-corrected chi connectivity index (χ2v) is 13.3. The highest BCUT2D eigenvalue weighted by Crippen LogP contribution is 2.31. The Labute approximate surface area is 273 Å². The molecule has 0 saturated carbocycles. The fourth-order valence-corrected chi connectivity index (χ4v) is 6.39. The van der Waals surface area contributed by atoms with E-state index in [9.17, 15) is 22.4 Å². The van der Waals surface area contributed by atoms with Crippen LogP contribution in [0, 0.1) is 5.82 Å². The molecule has 2 amide bonds. The van der Waals surface area contributed by atoms with Gasteiger partial charge in [-0.05, 0) is 66.9 Å². The summed E-state index contributed by atoms with van der Waals surface area (Å²) in [6.45, 7) is 3.06. The number of rotatable bonds is 13. The number of hydrogen-bond acceptors (Lipinski definition) is 4. The van der Waals surface area contributed by atoms with Crippen molar-refractivity contribution in [3.63, 3.8) is 0 Å². The highest BCUT2D eigenvalue weighted by molar-refractivity contribution is 7.92. The molecule has 0 radical (unpaired) electrons. The summed E-state index contributed by atoms with van der Waals surface area (Å²) in [5.41, 5.74) is 1.48. The average Bonchev–Trinajstić information content (AvgIpc) is 3.04. The van der Waals surface area contributed by atoms with Gasteiger partial charge in [0.05, 0.1) is 20.6 Å². The topological polar surface area (TPSA) is 86.8 Å². The van der Waals surface area contributed by atoms with E-state index in [-0.39, 0.29) is 39.6 Å². The fraction of sp³-hybridized carbons (Fsp3) is 0.235. The van der Waals surface area contributed by atoms with Gasteiger partial charge in [0.1, 0.15) is 18.4 Å². The van der Waals surface area contributed by atoms with Crippen LogP contribution in [0.4, 0.5) is 10.1 Å². The fourth-order valence-electron chi connectivity index (χ4n) is 4.67. The summed E-state index contributed by atoms with van der Waals surface area (Å²) >= 11 is 12.4. The Morgan fingerprint density at radius 2 is 1.47 bits per heavy atom. The molecule has 1 N–H and O–H groups in total. The summed E-state index contributed by atoms with van der Waals surface area (Å²) in [5, 5.41) is 3.30. The van der Waals surface area contributed by atoms with E-state index in [4.69, 9.17) is 23.2 Å². The molecule has 11 heteroatoms.